The normalized spacial score (nSPS) is 11.4. The minimum atomic E-state index is -0.348. The van der Waals surface area contributed by atoms with Crippen LogP contribution in [0.5, 0.6) is 11.5 Å². The summed E-state index contributed by atoms with van der Waals surface area (Å²) in [5.74, 6) is 0.568. The lowest BCUT2D eigenvalue weighted by Gasteiger charge is -2.21. The average Bonchev–Trinajstić information content (AvgIpc) is 3.03. The highest BCUT2D eigenvalue weighted by atomic mass is 35.5. The van der Waals surface area contributed by atoms with Crippen LogP contribution >= 0.6 is 11.6 Å². The summed E-state index contributed by atoms with van der Waals surface area (Å²) in [7, 11) is 0. The number of benzene rings is 2. The van der Waals surface area contributed by atoms with Crippen LogP contribution < -0.4 is 25.8 Å². The SMILES string of the molecule is CCOc1cc(CNc2ccc3[nH]c(=O)[nH]c3c2)cc(Cl)c1OCC(=O)NC(C)(C)C. The van der Waals surface area contributed by atoms with Gasteiger partial charge in [0.25, 0.3) is 5.91 Å². The molecule has 0 radical (unpaired) electrons. The van der Waals surface area contributed by atoms with E-state index in [1.54, 1.807) is 6.07 Å². The van der Waals surface area contributed by atoms with Crippen LogP contribution in [0.25, 0.3) is 11.0 Å². The first kappa shape index (κ1) is 22.6. The van der Waals surface area contributed by atoms with Crippen LogP contribution in [0, 0.1) is 0 Å². The van der Waals surface area contributed by atoms with Gasteiger partial charge in [-0.3, -0.25) is 4.79 Å². The molecule has 31 heavy (non-hydrogen) atoms. The fraction of sp³-hybridized carbons (Fsp3) is 0.364. The van der Waals surface area contributed by atoms with Crippen LogP contribution in [-0.2, 0) is 11.3 Å². The van der Waals surface area contributed by atoms with Gasteiger partial charge >= 0.3 is 5.69 Å². The van der Waals surface area contributed by atoms with Gasteiger partial charge in [-0.1, -0.05) is 11.6 Å². The lowest BCUT2D eigenvalue weighted by molar-refractivity contribution is -0.124. The van der Waals surface area contributed by atoms with Crippen LogP contribution in [0.15, 0.2) is 35.1 Å². The maximum Gasteiger partial charge on any atom is 0.323 e. The van der Waals surface area contributed by atoms with Crippen LogP contribution in [-0.4, -0.2) is 34.6 Å². The van der Waals surface area contributed by atoms with Crippen LogP contribution in [0.1, 0.15) is 33.3 Å². The number of hydrogen-bond acceptors (Lipinski definition) is 5. The minimum Gasteiger partial charge on any atom is -0.490 e. The fourth-order valence-corrected chi connectivity index (χ4v) is 3.35. The van der Waals surface area contributed by atoms with Crippen LogP contribution in [0.3, 0.4) is 0 Å². The van der Waals surface area contributed by atoms with Crippen molar-refractivity contribution in [2.45, 2.75) is 39.8 Å². The molecule has 4 N–H and O–H groups in total. The van der Waals surface area contributed by atoms with Crippen molar-refractivity contribution >= 4 is 34.2 Å². The van der Waals surface area contributed by atoms with Gasteiger partial charge in [0.2, 0.25) is 0 Å². The third-order valence-electron chi connectivity index (χ3n) is 4.24. The van der Waals surface area contributed by atoms with Crippen molar-refractivity contribution in [1.29, 1.82) is 0 Å². The first-order chi connectivity index (χ1) is 14.6. The molecule has 3 rings (SSSR count). The number of carbonyl (C=O) groups is 1. The molecule has 0 aliphatic carbocycles. The summed E-state index contributed by atoms with van der Waals surface area (Å²) in [6.07, 6.45) is 0. The Balaban J connectivity index is 1.72. The van der Waals surface area contributed by atoms with Gasteiger partial charge < -0.3 is 30.1 Å². The topological polar surface area (TPSA) is 108 Å². The Kier molecular flexibility index (Phi) is 6.80. The van der Waals surface area contributed by atoms with Crippen molar-refractivity contribution in [1.82, 2.24) is 15.3 Å². The van der Waals surface area contributed by atoms with Gasteiger partial charge in [-0.05, 0) is 63.6 Å². The van der Waals surface area contributed by atoms with Crippen molar-refractivity contribution < 1.29 is 14.3 Å². The van der Waals surface area contributed by atoms with E-state index in [9.17, 15) is 9.59 Å². The molecule has 0 saturated carbocycles. The van der Waals surface area contributed by atoms with Gasteiger partial charge in [0.15, 0.2) is 18.1 Å². The van der Waals surface area contributed by atoms with E-state index >= 15 is 0 Å². The number of anilines is 1. The highest BCUT2D eigenvalue weighted by Crippen LogP contribution is 2.37. The summed E-state index contributed by atoms with van der Waals surface area (Å²) in [6, 6.07) is 9.15. The number of nitrogens with one attached hydrogen (secondary N) is 4. The highest BCUT2D eigenvalue weighted by molar-refractivity contribution is 6.32. The second kappa shape index (κ2) is 9.34. The standard InChI is InChI=1S/C22H27ClN4O4/c1-5-30-18-9-13(8-15(23)20(18)31-12-19(28)27-22(2,3)4)11-24-14-6-7-16-17(10-14)26-21(29)25-16/h6-10,24H,5,11-12H2,1-4H3,(H,27,28)(H2,25,26,29). The summed E-state index contributed by atoms with van der Waals surface area (Å²) in [6.45, 7) is 8.30. The van der Waals surface area contributed by atoms with E-state index in [1.807, 2.05) is 52.0 Å². The first-order valence-corrected chi connectivity index (χ1v) is 10.4. The molecule has 0 fully saturated rings. The van der Waals surface area contributed by atoms with Crippen molar-refractivity contribution in [2.24, 2.45) is 0 Å². The molecule has 1 amide bonds. The molecule has 0 aliphatic rings. The van der Waals surface area contributed by atoms with Crippen molar-refractivity contribution in [3.8, 4) is 11.5 Å². The van der Waals surface area contributed by atoms with Gasteiger partial charge in [-0.25, -0.2) is 4.79 Å². The number of fused-ring (bicyclic) bond motifs is 1. The maximum atomic E-state index is 12.1. The Labute approximate surface area is 185 Å². The maximum absolute atomic E-state index is 12.1. The molecule has 3 aromatic rings. The lowest BCUT2D eigenvalue weighted by Crippen LogP contribution is -2.43. The van der Waals surface area contributed by atoms with E-state index in [-0.39, 0.29) is 23.7 Å². The van der Waals surface area contributed by atoms with Crippen molar-refractivity contribution in [3.63, 3.8) is 0 Å². The summed E-state index contributed by atoms with van der Waals surface area (Å²) >= 11 is 6.44. The second-order valence-electron chi connectivity index (χ2n) is 8.12. The second-order valence-corrected chi connectivity index (χ2v) is 8.53. The van der Waals surface area contributed by atoms with Crippen LogP contribution in [0.4, 0.5) is 5.69 Å². The van der Waals surface area contributed by atoms with E-state index in [2.05, 4.69) is 20.6 Å². The first-order valence-electron chi connectivity index (χ1n) is 9.99. The van der Waals surface area contributed by atoms with Gasteiger partial charge in [-0.15, -0.1) is 0 Å². The zero-order valence-corrected chi connectivity index (χ0v) is 18.8. The molecule has 0 unspecified atom stereocenters. The van der Waals surface area contributed by atoms with E-state index in [0.717, 1.165) is 22.3 Å². The Morgan fingerprint density at radius 2 is 1.84 bits per heavy atom. The molecule has 0 spiro atoms. The third kappa shape index (κ3) is 6.18. The number of hydrogen-bond donors (Lipinski definition) is 4. The number of rotatable bonds is 8. The number of aromatic nitrogens is 2. The number of aromatic amines is 2. The average molecular weight is 447 g/mol. The molecule has 166 valence electrons. The largest absolute Gasteiger partial charge is 0.490 e. The highest BCUT2D eigenvalue weighted by Gasteiger charge is 2.17. The number of ether oxygens (including phenoxy) is 2. The number of H-pyrrole nitrogens is 2. The Bertz CT molecular complexity index is 1130. The molecule has 0 atom stereocenters. The number of amides is 1. The zero-order chi connectivity index (χ0) is 22.6. The summed E-state index contributed by atoms with van der Waals surface area (Å²) in [4.78, 5) is 28.9. The Morgan fingerprint density at radius 1 is 1.10 bits per heavy atom. The summed E-state index contributed by atoms with van der Waals surface area (Å²) in [5, 5.41) is 6.50. The molecule has 1 heterocycles. The van der Waals surface area contributed by atoms with Crippen LogP contribution in [0.2, 0.25) is 5.02 Å². The van der Waals surface area contributed by atoms with E-state index in [1.165, 1.54) is 0 Å². The molecule has 8 nitrogen and oxygen atoms in total. The smallest absolute Gasteiger partial charge is 0.323 e. The molecule has 0 bridgehead atoms. The third-order valence-corrected chi connectivity index (χ3v) is 4.52. The van der Waals surface area contributed by atoms with Crippen molar-refractivity contribution in [3.05, 3.63) is 51.4 Å². The molecular formula is C22H27ClN4O4. The molecular weight excluding hydrogens is 420 g/mol. The molecule has 0 saturated heterocycles. The quantitative estimate of drug-likeness (QED) is 0.420. The lowest BCUT2D eigenvalue weighted by atomic mass is 10.1. The molecule has 0 aliphatic heterocycles. The predicted octanol–water partition coefficient (Wildman–Crippen LogP) is 3.81. The number of halogens is 1. The van der Waals surface area contributed by atoms with E-state index in [0.29, 0.717) is 29.7 Å². The minimum absolute atomic E-state index is 0.163. The Hall–Kier alpha value is -3.13. The number of carbonyl (C=O) groups excluding carboxylic acids is 1. The van der Waals surface area contributed by atoms with Gasteiger partial charge in [0, 0.05) is 17.8 Å². The summed E-state index contributed by atoms with van der Waals surface area (Å²) < 4.78 is 11.4. The summed E-state index contributed by atoms with van der Waals surface area (Å²) in [5.41, 5.74) is 2.60. The zero-order valence-electron chi connectivity index (χ0n) is 18.0. The van der Waals surface area contributed by atoms with Gasteiger partial charge in [-0.2, -0.15) is 0 Å². The Morgan fingerprint density at radius 3 is 2.55 bits per heavy atom. The predicted molar refractivity (Wildman–Crippen MR) is 122 cm³/mol. The van der Waals surface area contributed by atoms with Gasteiger partial charge in [0.05, 0.1) is 22.7 Å². The van der Waals surface area contributed by atoms with Crippen molar-refractivity contribution in [2.75, 3.05) is 18.5 Å². The molecule has 9 heteroatoms. The molecule has 2 aromatic carbocycles. The van der Waals surface area contributed by atoms with E-state index in [4.69, 9.17) is 21.1 Å². The monoisotopic (exact) mass is 446 g/mol. The van der Waals surface area contributed by atoms with Gasteiger partial charge in [0.1, 0.15) is 0 Å². The number of imidazole rings is 1. The van der Waals surface area contributed by atoms with E-state index < -0.39 is 0 Å². The molecule has 1 aromatic heterocycles. The fourth-order valence-electron chi connectivity index (χ4n) is 3.07.